The zero-order valence-corrected chi connectivity index (χ0v) is 9.68. The molecule has 0 spiro atoms. The fourth-order valence-electron chi connectivity index (χ4n) is 1.14. The number of carbonyl (C=O) groups excluding carboxylic acids is 2. The van der Waals surface area contributed by atoms with Crippen LogP contribution < -0.4 is 22.3 Å². The predicted molar refractivity (Wildman–Crippen MR) is 64.4 cm³/mol. The van der Waals surface area contributed by atoms with Gasteiger partial charge in [-0.3, -0.25) is 9.59 Å². The van der Waals surface area contributed by atoms with Gasteiger partial charge in [0.15, 0.2) is 0 Å². The minimum Gasteiger partial charge on any atom is -0.370 e. The van der Waals surface area contributed by atoms with E-state index in [-0.39, 0.29) is 31.4 Å². The van der Waals surface area contributed by atoms with Gasteiger partial charge in [-0.05, 0) is 12.1 Å². The van der Waals surface area contributed by atoms with Crippen LogP contribution in [0.5, 0.6) is 0 Å². The number of nitrogens with two attached hydrogens (primary N) is 2. The number of amides is 2. The molecule has 1 rings (SSSR count). The maximum absolute atomic E-state index is 11.6. The van der Waals surface area contributed by atoms with Gasteiger partial charge in [0.05, 0.1) is 6.61 Å². The number of pyridine rings is 1. The van der Waals surface area contributed by atoms with Gasteiger partial charge >= 0.3 is 0 Å². The molecule has 1 aromatic rings. The first kappa shape index (κ1) is 13.9. The number of hydrogen-bond donors (Lipinski definition) is 4. The van der Waals surface area contributed by atoms with E-state index >= 15 is 0 Å². The Morgan fingerprint density at radius 2 is 2.17 bits per heavy atom. The van der Waals surface area contributed by atoms with Gasteiger partial charge in [-0.25, -0.2) is 10.8 Å². The number of nitrogens with zero attached hydrogens (tertiary/aromatic N) is 1. The van der Waals surface area contributed by atoms with Gasteiger partial charge in [0, 0.05) is 6.54 Å². The van der Waals surface area contributed by atoms with Gasteiger partial charge in [0.1, 0.15) is 18.1 Å². The van der Waals surface area contributed by atoms with E-state index in [4.69, 9.17) is 16.3 Å². The lowest BCUT2D eigenvalue weighted by molar-refractivity contribution is -0.122. The zero-order valence-electron chi connectivity index (χ0n) is 9.68. The quantitative estimate of drug-likeness (QED) is 0.268. The Hall–Kier alpha value is -2.19. The molecule has 0 aliphatic heterocycles. The second-order valence-corrected chi connectivity index (χ2v) is 3.33. The van der Waals surface area contributed by atoms with Crippen molar-refractivity contribution in [1.82, 2.24) is 10.3 Å². The van der Waals surface area contributed by atoms with Crippen LogP contribution in [-0.2, 0) is 9.53 Å². The van der Waals surface area contributed by atoms with Crippen molar-refractivity contribution < 1.29 is 14.3 Å². The van der Waals surface area contributed by atoms with Crippen LogP contribution in [0.1, 0.15) is 10.5 Å². The molecule has 0 aliphatic carbocycles. The molecule has 0 unspecified atom stereocenters. The van der Waals surface area contributed by atoms with E-state index in [1.807, 2.05) is 0 Å². The smallest absolute Gasteiger partial charge is 0.270 e. The Labute approximate surface area is 104 Å². The van der Waals surface area contributed by atoms with Gasteiger partial charge in [0.2, 0.25) is 5.91 Å². The first-order chi connectivity index (χ1) is 8.63. The number of nitrogen functional groups attached to an aromatic ring is 1. The van der Waals surface area contributed by atoms with Crippen molar-refractivity contribution in [1.29, 1.82) is 0 Å². The first-order valence-electron chi connectivity index (χ1n) is 5.21. The molecule has 0 atom stereocenters. The molecule has 0 aliphatic rings. The average molecular weight is 253 g/mol. The lowest BCUT2D eigenvalue weighted by Gasteiger charge is -2.06. The third kappa shape index (κ3) is 4.76. The summed E-state index contributed by atoms with van der Waals surface area (Å²) < 4.78 is 4.88. The summed E-state index contributed by atoms with van der Waals surface area (Å²) in [6.45, 7) is 0.290. The summed E-state index contributed by atoms with van der Waals surface area (Å²) in [6, 6.07) is 4.84. The maximum Gasteiger partial charge on any atom is 0.270 e. The topological polar surface area (TPSA) is 132 Å². The Balaban J connectivity index is 2.33. The zero-order chi connectivity index (χ0) is 13.4. The first-order valence-corrected chi connectivity index (χ1v) is 5.21. The summed E-state index contributed by atoms with van der Waals surface area (Å²) in [5.74, 6) is 4.67. The van der Waals surface area contributed by atoms with Gasteiger partial charge in [-0.1, -0.05) is 6.07 Å². The lowest BCUT2D eigenvalue weighted by atomic mass is 10.3. The van der Waals surface area contributed by atoms with Crippen LogP contribution >= 0.6 is 0 Å². The van der Waals surface area contributed by atoms with Crippen molar-refractivity contribution in [3.8, 4) is 0 Å². The van der Waals surface area contributed by atoms with Crippen molar-refractivity contribution >= 4 is 17.6 Å². The molecule has 0 bridgehead atoms. The molecule has 1 aromatic heterocycles. The molecule has 18 heavy (non-hydrogen) atoms. The van der Waals surface area contributed by atoms with Gasteiger partial charge in [-0.2, -0.15) is 0 Å². The fraction of sp³-hybridized carbons (Fsp3) is 0.300. The van der Waals surface area contributed by atoms with E-state index in [1.165, 1.54) is 0 Å². The van der Waals surface area contributed by atoms with E-state index < -0.39 is 5.91 Å². The number of anilines is 1. The van der Waals surface area contributed by atoms with Gasteiger partial charge < -0.3 is 21.2 Å². The third-order valence-corrected chi connectivity index (χ3v) is 1.91. The van der Waals surface area contributed by atoms with Gasteiger partial charge in [-0.15, -0.1) is 0 Å². The molecule has 8 nitrogen and oxygen atoms in total. The molecular weight excluding hydrogens is 238 g/mol. The Kier molecular flexibility index (Phi) is 5.55. The molecular formula is C10H15N5O3. The number of carbonyl (C=O) groups is 2. The fourth-order valence-corrected chi connectivity index (χ4v) is 1.14. The summed E-state index contributed by atoms with van der Waals surface area (Å²) in [5, 5.41) is 2.58. The standard InChI is InChI=1S/C10H15N5O3/c11-8(16)6-18-5-4-13-10(17)7-2-1-3-9(14-7)15-12/h1-3H,4-6,12H2,(H2,11,16)(H,13,17)(H,14,15). The van der Waals surface area contributed by atoms with Crippen LogP contribution in [0.3, 0.4) is 0 Å². The molecule has 6 N–H and O–H groups in total. The van der Waals surface area contributed by atoms with Crippen LogP contribution in [0.2, 0.25) is 0 Å². The lowest BCUT2D eigenvalue weighted by Crippen LogP contribution is -2.29. The van der Waals surface area contributed by atoms with Crippen molar-refractivity contribution in [2.24, 2.45) is 11.6 Å². The minimum atomic E-state index is -0.551. The normalized spacial score (nSPS) is 9.83. The van der Waals surface area contributed by atoms with Crippen molar-refractivity contribution in [2.75, 3.05) is 25.2 Å². The molecule has 0 fully saturated rings. The van der Waals surface area contributed by atoms with E-state index in [2.05, 4.69) is 15.7 Å². The van der Waals surface area contributed by atoms with Crippen molar-refractivity contribution in [2.45, 2.75) is 0 Å². The highest BCUT2D eigenvalue weighted by molar-refractivity contribution is 5.92. The second kappa shape index (κ2) is 7.20. The number of ether oxygens (including phenoxy) is 1. The van der Waals surface area contributed by atoms with Crippen LogP contribution in [0.15, 0.2) is 18.2 Å². The minimum absolute atomic E-state index is 0.166. The number of aromatic nitrogens is 1. The molecule has 8 heteroatoms. The molecule has 2 amide bonds. The monoisotopic (exact) mass is 253 g/mol. The van der Waals surface area contributed by atoms with E-state index in [9.17, 15) is 9.59 Å². The average Bonchev–Trinajstić information content (AvgIpc) is 2.37. The molecule has 0 saturated carbocycles. The van der Waals surface area contributed by atoms with Crippen LogP contribution in [0, 0.1) is 0 Å². The van der Waals surface area contributed by atoms with Crippen molar-refractivity contribution in [3.63, 3.8) is 0 Å². The summed E-state index contributed by atoms with van der Waals surface area (Å²) in [5.41, 5.74) is 7.46. The predicted octanol–water partition coefficient (Wildman–Crippen LogP) is -1.40. The second-order valence-electron chi connectivity index (χ2n) is 3.33. The Morgan fingerprint density at radius 1 is 1.39 bits per heavy atom. The number of hydrogen-bond acceptors (Lipinski definition) is 6. The summed E-state index contributed by atoms with van der Waals surface area (Å²) in [4.78, 5) is 25.9. The SMILES string of the molecule is NNc1cccc(C(=O)NCCOCC(N)=O)n1. The maximum atomic E-state index is 11.6. The molecule has 1 heterocycles. The molecule has 98 valence electrons. The van der Waals surface area contributed by atoms with E-state index in [0.29, 0.717) is 5.82 Å². The summed E-state index contributed by atoms with van der Waals surface area (Å²) >= 11 is 0. The van der Waals surface area contributed by atoms with Crippen LogP contribution in [-0.4, -0.2) is 36.6 Å². The van der Waals surface area contributed by atoms with Crippen LogP contribution in [0.4, 0.5) is 5.82 Å². The number of rotatable bonds is 7. The number of nitrogens with one attached hydrogen (secondary N) is 2. The highest BCUT2D eigenvalue weighted by Crippen LogP contribution is 2.02. The van der Waals surface area contributed by atoms with E-state index in [1.54, 1.807) is 18.2 Å². The van der Waals surface area contributed by atoms with Gasteiger partial charge in [0.25, 0.3) is 5.91 Å². The highest BCUT2D eigenvalue weighted by Gasteiger charge is 2.06. The Bertz CT molecular complexity index is 424. The molecule has 0 aromatic carbocycles. The summed E-state index contributed by atoms with van der Waals surface area (Å²) in [6.07, 6.45) is 0. The number of hydrazine groups is 1. The summed E-state index contributed by atoms with van der Waals surface area (Å²) in [7, 11) is 0. The third-order valence-electron chi connectivity index (χ3n) is 1.91. The Morgan fingerprint density at radius 3 is 2.83 bits per heavy atom. The van der Waals surface area contributed by atoms with Crippen LogP contribution in [0.25, 0.3) is 0 Å². The van der Waals surface area contributed by atoms with Crippen molar-refractivity contribution in [3.05, 3.63) is 23.9 Å². The highest BCUT2D eigenvalue weighted by atomic mass is 16.5. The van der Waals surface area contributed by atoms with E-state index in [0.717, 1.165) is 0 Å². The number of primary amides is 1. The largest absolute Gasteiger partial charge is 0.370 e. The molecule has 0 saturated heterocycles. The molecule has 0 radical (unpaired) electrons.